The standard InChI is InChI=1S/C16H21ClN4O2/c1-20(2)6-7-21(10-13-9-18-11-19-13)16(22)12-4-5-15(23-3)14(17)8-12/h4-5,8-9,11H,6-7,10H2,1-3H3,(H,18,19). The summed E-state index contributed by atoms with van der Waals surface area (Å²) in [6.45, 7) is 1.84. The molecule has 0 spiro atoms. The summed E-state index contributed by atoms with van der Waals surface area (Å²) in [7, 11) is 5.50. The number of amides is 1. The Balaban J connectivity index is 2.19. The van der Waals surface area contributed by atoms with Gasteiger partial charge in [-0.3, -0.25) is 4.79 Å². The molecule has 0 bridgehead atoms. The third-order valence-corrected chi connectivity index (χ3v) is 3.71. The van der Waals surface area contributed by atoms with E-state index in [0.29, 0.717) is 29.4 Å². The molecule has 0 saturated heterocycles. The molecule has 6 nitrogen and oxygen atoms in total. The van der Waals surface area contributed by atoms with E-state index in [1.165, 1.54) is 0 Å². The summed E-state index contributed by atoms with van der Waals surface area (Å²) in [4.78, 5) is 23.6. The van der Waals surface area contributed by atoms with Gasteiger partial charge in [-0.25, -0.2) is 4.98 Å². The van der Waals surface area contributed by atoms with E-state index < -0.39 is 0 Å². The first-order valence-corrected chi connectivity index (χ1v) is 7.64. The molecule has 23 heavy (non-hydrogen) atoms. The molecule has 1 amide bonds. The van der Waals surface area contributed by atoms with Crippen LogP contribution in [0.25, 0.3) is 0 Å². The van der Waals surface area contributed by atoms with E-state index in [4.69, 9.17) is 16.3 Å². The number of carbonyl (C=O) groups excluding carboxylic acids is 1. The van der Waals surface area contributed by atoms with Crippen molar-refractivity contribution in [1.29, 1.82) is 0 Å². The lowest BCUT2D eigenvalue weighted by molar-refractivity contribution is 0.0730. The molecule has 1 N–H and O–H groups in total. The smallest absolute Gasteiger partial charge is 0.254 e. The van der Waals surface area contributed by atoms with Crippen LogP contribution in [0.2, 0.25) is 5.02 Å². The van der Waals surface area contributed by atoms with Gasteiger partial charge >= 0.3 is 0 Å². The number of hydrogen-bond acceptors (Lipinski definition) is 4. The van der Waals surface area contributed by atoms with Gasteiger partial charge in [-0.15, -0.1) is 0 Å². The van der Waals surface area contributed by atoms with Crippen molar-refractivity contribution in [2.24, 2.45) is 0 Å². The highest BCUT2D eigenvalue weighted by Crippen LogP contribution is 2.25. The summed E-state index contributed by atoms with van der Waals surface area (Å²) in [6, 6.07) is 5.07. The Morgan fingerprint density at radius 2 is 2.13 bits per heavy atom. The molecule has 1 heterocycles. The van der Waals surface area contributed by atoms with Crippen LogP contribution in [-0.2, 0) is 6.54 Å². The molecule has 7 heteroatoms. The minimum Gasteiger partial charge on any atom is -0.495 e. The van der Waals surface area contributed by atoms with E-state index in [1.807, 2.05) is 19.0 Å². The molecule has 124 valence electrons. The molecule has 0 radical (unpaired) electrons. The molecule has 0 saturated carbocycles. The van der Waals surface area contributed by atoms with Gasteiger partial charge in [0.1, 0.15) is 5.75 Å². The van der Waals surface area contributed by atoms with Gasteiger partial charge in [-0.2, -0.15) is 0 Å². The molecule has 0 fully saturated rings. The monoisotopic (exact) mass is 336 g/mol. The maximum absolute atomic E-state index is 12.8. The largest absolute Gasteiger partial charge is 0.495 e. The topological polar surface area (TPSA) is 61.5 Å². The van der Waals surface area contributed by atoms with E-state index in [0.717, 1.165) is 12.2 Å². The van der Waals surface area contributed by atoms with Gasteiger partial charge < -0.3 is 19.5 Å². The maximum Gasteiger partial charge on any atom is 0.254 e. The lowest BCUT2D eigenvalue weighted by atomic mass is 10.2. The molecule has 2 rings (SSSR count). The highest BCUT2D eigenvalue weighted by molar-refractivity contribution is 6.32. The zero-order chi connectivity index (χ0) is 16.8. The van der Waals surface area contributed by atoms with Crippen molar-refractivity contribution in [3.8, 4) is 5.75 Å². The van der Waals surface area contributed by atoms with E-state index in [2.05, 4.69) is 9.97 Å². The number of methoxy groups -OCH3 is 1. The Morgan fingerprint density at radius 3 is 2.70 bits per heavy atom. The van der Waals surface area contributed by atoms with Gasteiger partial charge in [-0.1, -0.05) is 11.6 Å². The number of nitrogens with one attached hydrogen (secondary N) is 1. The van der Waals surface area contributed by atoms with Crippen LogP contribution < -0.4 is 4.74 Å². The van der Waals surface area contributed by atoms with Crippen LogP contribution in [0, 0.1) is 0 Å². The van der Waals surface area contributed by atoms with Gasteiger partial charge in [-0.05, 0) is 32.3 Å². The number of aromatic nitrogens is 2. The van der Waals surface area contributed by atoms with E-state index in [9.17, 15) is 4.79 Å². The number of rotatable bonds is 7. The highest BCUT2D eigenvalue weighted by Gasteiger charge is 2.18. The van der Waals surface area contributed by atoms with Gasteiger partial charge in [0.2, 0.25) is 0 Å². The van der Waals surface area contributed by atoms with Crippen LogP contribution in [-0.4, -0.2) is 60.0 Å². The molecule has 0 aliphatic heterocycles. The third-order valence-electron chi connectivity index (χ3n) is 3.42. The number of H-pyrrole nitrogens is 1. The van der Waals surface area contributed by atoms with Crippen molar-refractivity contribution in [2.45, 2.75) is 6.54 Å². The van der Waals surface area contributed by atoms with Crippen molar-refractivity contribution in [3.63, 3.8) is 0 Å². The lowest BCUT2D eigenvalue weighted by Crippen LogP contribution is -2.36. The van der Waals surface area contributed by atoms with Crippen LogP contribution in [0.5, 0.6) is 5.75 Å². The fourth-order valence-corrected chi connectivity index (χ4v) is 2.39. The van der Waals surface area contributed by atoms with E-state index in [1.54, 1.807) is 42.7 Å². The Kier molecular flexibility index (Phi) is 6.01. The fourth-order valence-electron chi connectivity index (χ4n) is 2.13. The average Bonchev–Trinajstić information content (AvgIpc) is 3.03. The maximum atomic E-state index is 12.8. The third kappa shape index (κ3) is 4.71. The zero-order valence-electron chi connectivity index (χ0n) is 13.5. The number of benzene rings is 1. The molecule has 0 unspecified atom stereocenters. The summed E-state index contributed by atoms with van der Waals surface area (Å²) >= 11 is 6.13. The van der Waals surface area contributed by atoms with Crippen molar-refractivity contribution in [3.05, 3.63) is 47.0 Å². The van der Waals surface area contributed by atoms with Crippen molar-refractivity contribution in [2.75, 3.05) is 34.3 Å². The van der Waals surface area contributed by atoms with Crippen LogP contribution in [0.1, 0.15) is 16.1 Å². The van der Waals surface area contributed by atoms with Gasteiger partial charge in [0.15, 0.2) is 0 Å². The Morgan fingerprint density at radius 1 is 1.35 bits per heavy atom. The normalized spacial score (nSPS) is 10.8. The summed E-state index contributed by atoms with van der Waals surface area (Å²) in [5.74, 6) is 0.475. The second-order valence-electron chi connectivity index (χ2n) is 5.46. The summed E-state index contributed by atoms with van der Waals surface area (Å²) in [6.07, 6.45) is 3.32. The summed E-state index contributed by atoms with van der Waals surface area (Å²) < 4.78 is 5.13. The van der Waals surface area contributed by atoms with Crippen LogP contribution in [0.15, 0.2) is 30.7 Å². The first-order chi connectivity index (χ1) is 11.0. The van der Waals surface area contributed by atoms with Crippen LogP contribution in [0.4, 0.5) is 0 Å². The summed E-state index contributed by atoms with van der Waals surface area (Å²) in [5.41, 5.74) is 1.42. The molecular weight excluding hydrogens is 316 g/mol. The first-order valence-electron chi connectivity index (χ1n) is 7.26. The molecule has 1 aromatic heterocycles. The molecule has 0 atom stereocenters. The van der Waals surface area contributed by atoms with Gasteiger partial charge in [0.25, 0.3) is 5.91 Å². The minimum absolute atomic E-state index is 0.0778. The van der Waals surface area contributed by atoms with Crippen LogP contribution in [0.3, 0.4) is 0 Å². The van der Waals surface area contributed by atoms with Crippen LogP contribution >= 0.6 is 11.6 Å². The van der Waals surface area contributed by atoms with Gasteiger partial charge in [0.05, 0.1) is 30.7 Å². The second-order valence-corrected chi connectivity index (χ2v) is 5.86. The number of likely N-dealkylation sites (N-methyl/N-ethyl adjacent to an activating group) is 1. The van der Waals surface area contributed by atoms with Crippen molar-refractivity contribution < 1.29 is 9.53 Å². The SMILES string of the molecule is COc1ccc(C(=O)N(CCN(C)C)Cc2cnc[nH]2)cc1Cl. The molecule has 0 aliphatic rings. The Bertz CT molecular complexity index is 644. The number of hydrogen-bond donors (Lipinski definition) is 1. The number of ether oxygens (including phenoxy) is 1. The van der Waals surface area contributed by atoms with E-state index in [-0.39, 0.29) is 5.91 Å². The molecular formula is C16H21ClN4O2. The van der Waals surface area contributed by atoms with E-state index >= 15 is 0 Å². The highest BCUT2D eigenvalue weighted by atomic mass is 35.5. The fraction of sp³-hybridized carbons (Fsp3) is 0.375. The number of nitrogens with zero attached hydrogens (tertiary/aromatic N) is 3. The molecule has 1 aromatic carbocycles. The predicted octanol–water partition coefficient (Wildman–Crippen LogP) is 2.28. The van der Waals surface area contributed by atoms with Crippen molar-refractivity contribution >= 4 is 17.5 Å². The summed E-state index contributed by atoms with van der Waals surface area (Å²) in [5, 5.41) is 0.424. The lowest BCUT2D eigenvalue weighted by Gasteiger charge is -2.24. The zero-order valence-corrected chi connectivity index (χ0v) is 14.3. The Labute approximate surface area is 141 Å². The number of carbonyl (C=O) groups is 1. The molecule has 0 aliphatic carbocycles. The van der Waals surface area contributed by atoms with Crippen molar-refractivity contribution in [1.82, 2.24) is 19.8 Å². The quantitative estimate of drug-likeness (QED) is 0.842. The molecule has 2 aromatic rings. The Hall–Kier alpha value is -2.05. The first kappa shape index (κ1) is 17.3. The van der Waals surface area contributed by atoms with Gasteiger partial charge in [0, 0.05) is 24.8 Å². The minimum atomic E-state index is -0.0778. The average molecular weight is 337 g/mol. The predicted molar refractivity (Wildman–Crippen MR) is 89.9 cm³/mol. The number of halogens is 1. The second kappa shape index (κ2) is 7.99. The number of aromatic amines is 1. The number of imidazole rings is 1.